The highest BCUT2D eigenvalue weighted by atomic mass is 16.6. The monoisotopic (exact) mass is 264 g/mol. The van der Waals surface area contributed by atoms with Gasteiger partial charge in [0.1, 0.15) is 5.75 Å². The number of rotatable bonds is 5. The van der Waals surface area contributed by atoms with Gasteiger partial charge in [0.25, 0.3) is 5.69 Å². The van der Waals surface area contributed by atoms with Crippen LogP contribution < -0.4 is 10.5 Å². The molecule has 1 aromatic carbocycles. The molecular weight excluding hydrogens is 244 g/mol. The van der Waals surface area contributed by atoms with E-state index in [0.29, 0.717) is 36.3 Å². The van der Waals surface area contributed by atoms with Crippen LogP contribution >= 0.6 is 0 Å². The topological polar surface area (TPSA) is 78.4 Å². The zero-order valence-electron chi connectivity index (χ0n) is 11.2. The lowest BCUT2D eigenvalue weighted by atomic mass is 9.97. The van der Waals surface area contributed by atoms with Gasteiger partial charge in [-0.05, 0) is 44.2 Å². The van der Waals surface area contributed by atoms with Gasteiger partial charge in [-0.15, -0.1) is 0 Å². The van der Waals surface area contributed by atoms with Gasteiger partial charge in [0.2, 0.25) is 0 Å². The van der Waals surface area contributed by atoms with Crippen LogP contribution in [-0.4, -0.2) is 18.1 Å². The van der Waals surface area contributed by atoms with Gasteiger partial charge in [-0.25, -0.2) is 0 Å². The van der Waals surface area contributed by atoms with Gasteiger partial charge in [0, 0.05) is 6.07 Å². The molecule has 2 rings (SSSR count). The SMILES string of the molecule is Cc1c(OCC2CCCC2CN)cccc1[N+](=O)[O-]. The van der Waals surface area contributed by atoms with E-state index in [-0.39, 0.29) is 10.6 Å². The first-order valence-corrected chi connectivity index (χ1v) is 6.70. The third kappa shape index (κ3) is 3.04. The van der Waals surface area contributed by atoms with Crippen LogP contribution in [0.4, 0.5) is 5.69 Å². The van der Waals surface area contributed by atoms with Crippen LogP contribution in [0.1, 0.15) is 24.8 Å². The summed E-state index contributed by atoms with van der Waals surface area (Å²) in [5.74, 6) is 1.61. The van der Waals surface area contributed by atoms with Gasteiger partial charge in [-0.1, -0.05) is 12.5 Å². The molecule has 0 aliphatic heterocycles. The third-order valence-electron chi connectivity index (χ3n) is 4.02. The number of hydrogen-bond donors (Lipinski definition) is 1. The summed E-state index contributed by atoms with van der Waals surface area (Å²) in [5, 5.41) is 10.9. The Labute approximate surface area is 112 Å². The van der Waals surface area contributed by atoms with Crippen molar-refractivity contribution in [2.45, 2.75) is 26.2 Å². The Balaban J connectivity index is 2.03. The summed E-state index contributed by atoms with van der Waals surface area (Å²) >= 11 is 0. The predicted octanol–water partition coefficient (Wildman–Crippen LogP) is 2.66. The van der Waals surface area contributed by atoms with Crippen molar-refractivity contribution in [3.05, 3.63) is 33.9 Å². The molecule has 1 aliphatic rings. The standard InChI is InChI=1S/C14H20N2O3/c1-10-13(16(17)18)6-3-7-14(10)19-9-12-5-2-4-11(12)8-15/h3,6-7,11-12H,2,4-5,8-9,15H2,1H3. The molecule has 2 unspecified atom stereocenters. The summed E-state index contributed by atoms with van der Waals surface area (Å²) in [7, 11) is 0. The van der Waals surface area contributed by atoms with Crippen LogP contribution in [0.25, 0.3) is 0 Å². The van der Waals surface area contributed by atoms with Gasteiger partial charge in [0.05, 0.1) is 17.1 Å². The van der Waals surface area contributed by atoms with E-state index in [1.54, 1.807) is 19.1 Å². The van der Waals surface area contributed by atoms with Crippen LogP contribution in [-0.2, 0) is 0 Å². The average Bonchev–Trinajstić information content (AvgIpc) is 2.84. The zero-order valence-corrected chi connectivity index (χ0v) is 11.2. The summed E-state index contributed by atoms with van der Waals surface area (Å²) in [4.78, 5) is 10.5. The van der Waals surface area contributed by atoms with Crippen molar-refractivity contribution < 1.29 is 9.66 Å². The fourth-order valence-corrected chi connectivity index (χ4v) is 2.80. The van der Waals surface area contributed by atoms with Crippen LogP contribution in [0.2, 0.25) is 0 Å². The number of benzene rings is 1. The van der Waals surface area contributed by atoms with Gasteiger partial charge < -0.3 is 10.5 Å². The largest absolute Gasteiger partial charge is 0.493 e. The van der Waals surface area contributed by atoms with Crippen LogP contribution in [0.15, 0.2) is 18.2 Å². The van der Waals surface area contributed by atoms with Gasteiger partial charge in [-0.2, -0.15) is 0 Å². The Bertz CT molecular complexity index is 462. The van der Waals surface area contributed by atoms with Gasteiger partial charge in [0.15, 0.2) is 0 Å². The van der Waals surface area contributed by atoms with Crippen molar-refractivity contribution in [1.82, 2.24) is 0 Å². The van der Waals surface area contributed by atoms with E-state index in [4.69, 9.17) is 10.5 Å². The van der Waals surface area contributed by atoms with E-state index < -0.39 is 0 Å². The molecule has 1 aromatic rings. The van der Waals surface area contributed by atoms with E-state index in [0.717, 1.165) is 6.42 Å². The van der Waals surface area contributed by atoms with Crippen molar-refractivity contribution in [1.29, 1.82) is 0 Å². The molecule has 5 heteroatoms. The number of nitrogens with two attached hydrogens (primary N) is 1. The van der Waals surface area contributed by atoms with E-state index >= 15 is 0 Å². The molecule has 0 amide bonds. The second-order valence-corrected chi connectivity index (χ2v) is 5.16. The summed E-state index contributed by atoms with van der Waals surface area (Å²) < 4.78 is 5.78. The molecule has 0 heterocycles. The minimum Gasteiger partial charge on any atom is -0.493 e. The maximum atomic E-state index is 10.9. The first kappa shape index (κ1) is 13.8. The Morgan fingerprint density at radius 2 is 2.16 bits per heavy atom. The highest BCUT2D eigenvalue weighted by Crippen LogP contribution is 2.33. The fraction of sp³-hybridized carbons (Fsp3) is 0.571. The van der Waals surface area contributed by atoms with E-state index in [1.165, 1.54) is 18.9 Å². The molecule has 5 nitrogen and oxygen atoms in total. The minimum atomic E-state index is -0.375. The Morgan fingerprint density at radius 1 is 1.42 bits per heavy atom. The normalized spacial score (nSPS) is 22.4. The summed E-state index contributed by atoms with van der Waals surface area (Å²) in [5.41, 5.74) is 6.44. The van der Waals surface area contributed by atoms with Crippen molar-refractivity contribution in [3.63, 3.8) is 0 Å². The van der Waals surface area contributed by atoms with Crippen LogP contribution in [0.3, 0.4) is 0 Å². The first-order chi connectivity index (χ1) is 9.13. The van der Waals surface area contributed by atoms with Crippen molar-refractivity contribution in [3.8, 4) is 5.75 Å². The lowest BCUT2D eigenvalue weighted by Crippen LogP contribution is -2.23. The minimum absolute atomic E-state index is 0.110. The predicted molar refractivity (Wildman–Crippen MR) is 73.2 cm³/mol. The van der Waals surface area contributed by atoms with E-state index in [9.17, 15) is 10.1 Å². The molecule has 0 saturated heterocycles. The maximum Gasteiger partial charge on any atom is 0.276 e. The lowest BCUT2D eigenvalue weighted by Gasteiger charge is -2.19. The number of nitro groups is 1. The molecule has 104 valence electrons. The Kier molecular flexibility index (Phi) is 4.37. The lowest BCUT2D eigenvalue weighted by molar-refractivity contribution is -0.385. The summed E-state index contributed by atoms with van der Waals surface area (Å²) in [6.45, 7) is 3.02. The van der Waals surface area contributed by atoms with Crippen molar-refractivity contribution >= 4 is 5.69 Å². The number of ether oxygens (including phenoxy) is 1. The maximum absolute atomic E-state index is 10.9. The summed E-state index contributed by atoms with van der Waals surface area (Å²) in [6, 6.07) is 4.95. The highest BCUT2D eigenvalue weighted by molar-refractivity contribution is 5.48. The third-order valence-corrected chi connectivity index (χ3v) is 4.02. The molecule has 1 saturated carbocycles. The quantitative estimate of drug-likeness (QED) is 0.655. The number of nitrogens with zero attached hydrogens (tertiary/aromatic N) is 1. The second kappa shape index (κ2) is 6.02. The average molecular weight is 264 g/mol. The van der Waals surface area contributed by atoms with Gasteiger partial charge >= 0.3 is 0 Å². The first-order valence-electron chi connectivity index (χ1n) is 6.70. The fourth-order valence-electron chi connectivity index (χ4n) is 2.80. The Hall–Kier alpha value is -1.62. The van der Waals surface area contributed by atoms with Crippen LogP contribution in [0, 0.1) is 28.9 Å². The summed E-state index contributed by atoms with van der Waals surface area (Å²) in [6.07, 6.45) is 3.50. The molecule has 2 atom stereocenters. The van der Waals surface area contributed by atoms with Crippen molar-refractivity contribution in [2.75, 3.05) is 13.2 Å². The smallest absolute Gasteiger partial charge is 0.276 e. The number of nitro benzene ring substituents is 1. The second-order valence-electron chi connectivity index (χ2n) is 5.16. The zero-order chi connectivity index (χ0) is 13.8. The highest BCUT2D eigenvalue weighted by Gasteiger charge is 2.27. The molecule has 0 bridgehead atoms. The molecule has 0 spiro atoms. The van der Waals surface area contributed by atoms with Crippen LogP contribution in [0.5, 0.6) is 5.75 Å². The Morgan fingerprint density at radius 3 is 2.84 bits per heavy atom. The molecule has 0 aromatic heterocycles. The van der Waals surface area contributed by atoms with Crippen molar-refractivity contribution in [2.24, 2.45) is 17.6 Å². The molecular formula is C14H20N2O3. The van der Waals surface area contributed by atoms with E-state index in [1.807, 2.05) is 0 Å². The van der Waals surface area contributed by atoms with E-state index in [2.05, 4.69) is 0 Å². The number of hydrogen-bond acceptors (Lipinski definition) is 4. The molecule has 2 N–H and O–H groups in total. The van der Waals surface area contributed by atoms with Gasteiger partial charge in [-0.3, -0.25) is 10.1 Å². The molecule has 0 radical (unpaired) electrons. The molecule has 19 heavy (non-hydrogen) atoms. The molecule has 1 fully saturated rings. The molecule has 1 aliphatic carbocycles.